The Morgan fingerprint density at radius 3 is 2.69 bits per heavy atom. The third kappa shape index (κ3) is 5.07. The van der Waals surface area contributed by atoms with Gasteiger partial charge >= 0.3 is 5.65 Å². The minimum Gasteiger partial charge on any atom is -0.324 e. The maximum absolute atomic E-state index is 12.4. The molecule has 0 saturated heterocycles. The van der Waals surface area contributed by atoms with Gasteiger partial charge in [-0.3, -0.25) is 0 Å². The number of fused-ring (bicyclic) bond motifs is 1. The smallest absolute Gasteiger partial charge is 0.305 e. The number of sulfonamides is 1. The molecule has 4 aromatic rings. The summed E-state index contributed by atoms with van der Waals surface area (Å²) in [4.78, 5) is 14.2. The van der Waals surface area contributed by atoms with Crippen LogP contribution in [0.1, 0.15) is 6.42 Å². The minimum atomic E-state index is -3.55. The molecule has 32 heavy (non-hydrogen) atoms. The molecule has 0 aliphatic carbocycles. The van der Waals surface area contributed by atoms with E-state index in [1.807, 2.05) is 37.3 Å². The van der Waals surface area contributed by atoms with Crippen molar-refractivity contribution in [1.82, 2.24) is 29.2 Å². The second-order valence-corrected chi connectivity index (χ2v) is 9.23. The number of hydrogen-bond acceptors (Lipinski definition) is 7. The van der Waals surface area contributed by atoms with Gasteiger partial charge in [0.25, 0.3) is 0 Å². The van der Waals surface area contributed by atoms with E-state index in [0.29, 0.717) is 23.9 Å². The molecule has 3 heterocycles. The average molecular weight is 454 g/mol. The molecule has 0 unspecified atom stereocenters. The Labute approximate surface area is 186 Å². The van der Waals surface area contributed by atoms with Crippen LogP contribution in [0.2, 0.25) is 0 Å². The second kappa shape index (κ2) is 9.39. The lowest BCUT2D eigenvalue weighted by Crippen LogP contribution is -2.27. The second-order valence-electron chi connectivity index (χ2n) is 7.46. The number of aromatic amines is 1. The molecule has 0 aliphatic heterocycles. The summed E-state index contributed by atoms with van der Waals surface area (Å²) in [5.41, 5.74) is 3.02. The number of nitrogens with zero attached hydrogens (tertiary/aromatic N) is 5. The van der Waals surface area contributed by atoms with E-state index < -0.39 is 10.0 Å². The summed E-state index contributed by atoms with van der Waals surface area (Å²) in [6, 6.07) is 12.1. The summed E-state index contributed by atoms with van der Waals surface area (Å²) in [5.74, 6) is 0.394. The predicted octanol–water partition coefficient (Wildman–Crippen LogP) is 1.58. The lowest BCUT2D eigenvalue weighted by atomic mass is 10.3. The fourth-order valence-electron chi connectivity index (χ4n) is 3.15. The van der Waals surface area contributed by atoms with Crippen LogP contribution in [-0.2, 0) is 10.0 Å². The molecule has 1 aromatic carbocycles. The molecule has 0 bridgehead atoms. The van der Waals surface area contributed by atoms with Crippen LogP contribution in [0.5, 0.6) is 0 Å². The zero-order chi connectivity index (χ0) is 22.6. The molecule has 11 heteroatoms. The first-order valence-corrected chi connectivity index (χ1v) is 11.6. The first-order valence-electron chi connectivity index (χ1n) is 10.1. The monoisotopic (exact) mass is 453 g/mol. The van der Waals surface area contributed by atoms with Crippen LogP contribution < -0.4 is 15.0 Å². The Hall–Kier alpha value is -3.41. The number of nitrogens with one attached hydrogen (secondary N) is 3. The molecular formula is C21H25N8O2S+. The SMILES string of the molecule is CN(C)CCCNS(=O)(=O)c1ccc(Nc2nccc(-c3c[nH+]c4cccnn34)n2)cc1. The van der Waals surface area contributed by atoms with Crippen LogP contribution in [-0.4, -0.2) is 60.1 Å². The highest BCUT2D eigenvalue weighted by Gasteiger charge is 2.16. The van der Waals surface area contributed by atoms with Crippen molar-refractivity contribution in [3.8, 4) is 11.4 Å². The van der Waals surface area contributed by atoms with E-state index in [2.05, 4.69) is 30.1 Å². The van der Waals surface area contributed by atoms with Crippen LogP contribution >= 0.6 is 0 Å². The van der Waals surface area contributed by atoms with E-state index in [9.17, 15) is 8.42 Å². The summed E-state index contributed by atoms with van der Waals surface area (Å²) >= 11 is 0. The van der Waals surface area contributed by atoms with Gasteiger partial charge in [-0.05, 0) is 63.5 Å². The van der Waals surface area contributed by atoms with Gasteiger partial charge in [-0.25, -0.2) is 28.1 Å². The molecule has 3 N–H and O–H groups in total. The number of imidazole rings is 1. The van der Waals surface area contributed by atoms with E-state index >= 15 is 0 Å². The van der Waals surface area contributed by atoms with Crippen LogP contribution in [0.3, 0.4) is 0 Å². The lowest BCUT2D eigenvalue weighted by molar-refractivity contribution is -0.343. The van der Waals surface area contributed by atoms with Crippen molar-refractivity contribution in [3.63, 3.8) is 0 Å². The molecular weight excluding hydrogens is 428 g/mol. The fourth-order valence-corrected chi connectivity index (χ4v) is 4.23. The topological polar surface area (TPSA) is 119 Å². The number of benzene rings is 1. The Bertz CT molecular complexity index is 1300. The summed E-state index contributed by atoms with van der Waals surface area (Å²) in [5, 5.41) is 7.45. The number of rotatable bonds is 9. The van der Waals surface area contributed by atoms with Crippen molar-refractivity contribution in [2.45, 2.75) is 11.3 Å². The Kier molecular flexibility index (Phi) is 6.40. The third-order valence-electron chi connectivity index (χ3n) is 4.75. The first-order chi connectivity index (χ1) is 15.4. The number of hydrogen-bond donors (Lipinski definition) is 2. The van der Waals surface area contributed by atoms with Crippen molar-refractivity contribution in [2.75, 3.05) is 32.5 Å². The molecule has 0 aliphatic rings. The Morgan fingerprint density at radius 1 is 1.09 bits per heavy atom. The highest BCUT2D eigenvalue weighted by molar-refractivity contribution is 7.89. The largest absolute Gasteiger partial charge is 0.324 e. The number of anilines is 2. The van der Waals surface area contributed by atoms with Crippen LogP contribution in [0.25, 0.3) is 17.0 Å². The van der Waals surface area contributed by atoms with Gasteiger partial charge in [0.2, 0.25) is 21.7 Å². The fraction of sp³-hybridized carbons (Fsp3) is 0.238. The summed E-state index contributed by atoms with van der Waals surface area (Å²) < 4.78 is 29.3. The molecule has 166 valence electrons. The van der Waals surface area contributed by atoms with Gasteiger partial charge in [0.05, 0.1) is 11.1 Å². The number of H-pyrrole nitrogens is 1. The Balaban J connectivity index is 1.45. The van der Waals surface area contributed by atoms with Gasteiger partial charge in [-0.2, -0.15) is 0 Å². The lowest BCUT2D eigenvalue weighted by Gasteiger charge is -2.11. The molecule has 0 atom stereocenters. The summed E-state index contributed by atoms with van der Waals surface area (Å²) in [7, 11) is 0.363. The van der Waals surface area contributed by atoms with Crippen LogP contribution in [0.4, 0.5) is 11.6 Å². The van der Waals surface area contributed by atoms with E-state index in [1.165, 1.54) is 0 Å². The maximum atomic E-state index is 12.4. The highest BCUT2D eigenvalue weighted by Crippen LogP contribution is 2.20. The van der Waals surface area contributed by atoms with Gasteiger partial charge in [0.15, 0.2) is 0 Å². The van der Waals surface area contributed by atoms with E-state index in [-0.39, 0.29) is 4.90 Å². The van der Waals surface area contributed by atoms with Gasteiger partial charge in [0.1, 0.15) is 11.9 Å². The summed E-state index contributed by atoms with van der Waals surface area (Å²) in [6.45, 7) is 1.21. The zero-order valence-electron chi connectivity index (χ0n) is 17.9. The van der Waals surface area contributed by atoms with Crippen molar-refractivity contribution in [2.24, 2.45) is 0 Å². The van der Waals surface area contributed by atoms with E-state index in [4.69, 9.17) is 0 Å². The molecule has 10 nitrogen and oxygen atoms in total. The molecule has 0 spiro atoms. The molecule has 0 fully saturated rings. The molecule has 0 saturated carbocycles. The minimum absolute atomic E-state index is 0.212. The number of aromatic nitrogens is 5. The van der Waals surface area contributed by atoms with Crippen LogP contribution in [0.15, 0.2) is 66.0 Å². The predicted molar refractivity (Wildman–Crippen MR) is 121 cm³/mol. The molecule has 3 aromatic heterocycles. The standard InChI is InChI=1S/C21H24N8O2S/c1-28(2)14-4-12-25-32(30,31)17-8-6-16(7-9-17)26-21-22-13-10-18(27-21)19-15-23-20-5-3-11-24-29(19)20/h3,5-11,13,15,25H,4,12,14H2,1-2H3,(H,22,26,27)/p+1. The van der Waals surface area contributed by atoms with Gasteiger partial charge in [-0.15, -0.1) is 0 Å². The maximum Gasteiger partial charge on any atom is 0.305 e. The summed E-state index contributed by atoms with van der Waals surface area (Å²) in [6.07, 6.45) is 5.93. The normalized spacial score (nSPS) is 11.8. The zero-order valence-corrected chi connectivity index (χ0v) is 18.7. The Morgan fingerprint density at radius 2 is 1.91 bits per heavy atom. The molecule has 0 amide bonds. The van der Waals surface area contributed by atoms with Crippen molar-refractivity contribution >= 4 is 27.3 Å². The van der Waals surface area contributed by atoms with E-state index in [1.54, 1.807) is 47.2 Å². The highest BCUT2D eigenvalue weighted by atomic mass is 32.2. The van der Waals surface area contributed by atoms with Crippen molar-refractivity contribution < 1.29 is 13.4 Å². The third-order valence-corrected chi connectivity index (χ3v) is 6.23. The van der Waals surface area contributed by atoms with Gasteiger partial charge in [-0.1, -0.05) is 9.61 Å². The molecule has 4 rings (SSSR count). The van der Waals surface area contributed by atoms with Gasteiger partial charge < -0.3 is 10.2 Å². The average Bonchev–Trinajstić information content (AvgIpc) is 3.21. The van der Waals surface area contributed by atoms with Gasteiger partial charge in [0, 0.05) is 24.5 Å². The quantitative estimate of drug-likeness (QED) is 0.369. The van der Waals surface area contributed by atoms with E-state index in [0.717, 1.165) is 24.3 Å². The van der Waals surface area contributed by atoms with Crippen molar-refractivity contribution in [1.29, 1.82) is 0 Å². The first kappa shape index (κ1) is 21.8. The molecule has 0 radical (unpaired) electrons. The van der Waals surface area contributed by atoms with Crippen molar-refractivity contribution in [3.05, 3.63) is 61.1 Å². The van der Waals surface area contributed by atoms with Crippen LogP contribution in [0, 0.1) is 0 Å².